The molecule has 1 atom stereocenters. The average Bonchev–Trinajstić information content (AvgIpc) is 2.43. The fourth-order valence-electron chi connectivity index (χ4n) is 1.77. The average molecular weight is 205 g/mol. The summed E-state index contributed by atoms with van der Waals surface area (Å²) in [5.41, 5.74) is 8.61. The lowest BCUT2D eigenvalue weighted by atomic mass is 10.1. The Hall–Kier alpha value is -1.55. The number of hydrogen-bond acceptors (Lipinski definition) is 2. The maximum Gasteiger partial charge on any atom is 0.326 e. The zero-order chi connectivity index (χ0) is 11.0. The van der Waals surface area contributed by atoms with Gasteiger partial charge >= 0.3 is 5.69 Å². The Morgan fingerprint density at radius 2 is 2.27 bits per heavy atom. The highest BCUT2D eigenvalue weighted by atomic mass is 16.1. The van der Waals surface area contributed by atoms with Crippen LogP contribution in [0.15, 0.2) is 23.0 Å². The van der Waals surface area contributed by atoms with Crippen molar-refractivity contribution in [2.45, 2.75) is 19.4 Å². The van der Waals surface area contributed by atoms with Crippen LogP contribution in [0.3, 0.4) is 0 Å². The van der Waals surface area contributed by atoms with Crippen molar-refractivity contribution in [1.82, 2.24) is 9.55 Å². The summed E-state index contributed by atoms with van der Waals surface area (Å²) in [4.78, 5) is 14.1. The Kier molecular flexibility index (Phi) is 2.36. The molecular weight excluding hydrogens is 190 g/mol. The van der Waals surface area contributed by atoms with Gasteiger partial charge in [0.15, 0.2) is 0 Å². The van der Waals surface area contributed by atoms with Crippen LogP contribution in [0, 0.1) is 0 Å². The number of aromatic amines is 1. The first-order valence-electron chi connectivity index (χ1n) is 5.01. The lowest BCUT2D eigenvalue weighted by Gasteiger charge is -2.05. The summed E-state index contributed by atoms with van der Waals surface area (Å²) < 4.78 is 1.61. The molecule has 80 valence electrons. The maximum absolute atomic E-state index is 11.4. The number of hydrogen-bond donors (Lipinski definition) is 2. The SMILES string of the molecule is CC(N)Cc1ccc2[nH]c(=O)n(C)c2c1. The number of H-pyrrole nitrogens is 1. The van der Waals surface area contributed by atoms with Gasteiger partial charge in [-0.25, -0.2) is 4.79 Å². The molecule has 3 N–H and O–H groups in total. The normalized spacial score (nSPS) is 13.3. The summed E-state index contributed by atoms with van der Waals surface area (Å²) >= 11 is 0. The standard InChI is InChI=1S/C11H15N3O/c1-7(12)5-8-3-4-9-10(6-8)14(2)11(15)13-9/h3-4,6-7H,5,12H2,1-2H3,(H,13,15). The lowest BCUT2D eigenvalue weighted by molar-refractivity contribution is 0.738. The Morgan fingerprint density at radius 1 is 1.53 bits per heavy atom. The highest BCUT2D eigenvalue weighted by molar-refractivity contribution is 5.75. The second-order valence-corrected chi connectivity index (χ2v) is 4.02. The van der Waals surface area contributed by atoms with E-state index in [9.17, 15) is 4.79 Å². The van der Waals surface area contributed by atoms with E-state index >= 15 is 0 Å². The van der Waals surface area contributed by atoms with E-state index in [0.29, 0.717) is 0 Å². The van der Waals surface area contributed by atoms with Crippen LogP contribution in [-0.2, 0) is 13.5 Å². The van der Waals surface area contributed by atoms with Crippen molar-refractivity contribution in [2.24, 2.45) is 12.8 Å². The van der Waals surface area contributed by atoms with Gasteiger partial charge in [0.25, 0.3) is 0 Å². The number of nitrogens with two attached hydrogens (primary N) is 1. The fourth-order valence-corrected chi connectivity index (χ4v) is 1.77. The molecule has 2 aromatic rings. The number of imidazole rings is 1. The molecule has 0 aliphatic heterocycles. The topological polar surface area (TPSA) is 63.8 Å². The van der Waals surface area contributed by atoms with Gasteiger partial charge in [0.1, 0.15) is 0 Å². The van der Waals surface area contributed by atoms with E-state index in [2.05, 4.69) is 4.98 Å². The highest BCUT2D eigenvalue weighted by Crippen LogP contribution is 2.13. The zero-order valence-corrected chi connectivity index (χ0v) is 8.95. The van der Waals surface area contributed by atoms with Gasteiger partial charge in [-0.15, -0.1) is 0 Å². The largest absolute Gasteiger partial charge is 0.328 e. The van der Waals surface area contributed by atoms with Gasteiger partial charge in [0.05, 0.1) is 11.0 Å². The smallest absolute Gasteiger partial charge is 0.326 e. The van der Waals surface area contributed by atoms with E-state index in [4.69, 9.17) is 5.73 Å². The molecule has 1 unspecified atom stereocenters. The lowest BCUT2D eigenvalue weighted by Crippen LogP contribution is -2.17. The second-order valence-electron chi connectivity index (χ2n) is 4.02. The molecule has 0 radical (unpaired) electrons. The molecule has 0 aliphatic carbocycles. The van der Waals surface area contributed by atoms with E-state index in [1.807, 2.05) is 25.1 Å². The molecule has 0 fully saturated rings. The van der Waals surface area contributed by atoms with Crippen molar-refractivity contribution >= 4 is 11.0 Å². The van der Waals surface area contributed by atoms with E-state index in [0.717, 1.165) is 23.0 Å². The number of benzene rings is 1. The first-order valence-corrected chi connectivity index (χ1v) is 5.01. The molecule has 0 bridgehead atoms. The Bertz CT molecular complexity index is 536. The van der Waals surface area contributed by atoms with Crippen LogP contribution < -0.4 is 11.4 Å². The summed E-state index contributed by atoms with van der Waals surface area (Å²) in [7, 11) is 1.76. The number of aryl methyl sites for hydroxylation is 1. The molecule has 4 heteroatoms. The number of aromatic nitrogens is 2. The molecular formula is C11H15N3O. The molecule has 0 aliphatic rings. The number of rotatable bonds is 2. The summed E-state index contributed by atoms with van der Waals surface area (Å²) in [6.45, 7) is 1.97. The molecule has 0 amide bonds. The van der Waals surface area contributed by atoms with Gasteiger partial charge in [0, 0.05) is 13.1 Å². The van der Waals surface area contributed by atoms with Gasteiger partial charge in [-0.05, 0) is 31.0 Å². The summed E-state index contributed by atoms with van der Waals surface area (Å²) in [6, 6.07) is 6.07. The predicted octanol–water partition coefficient (Wildman–Crippen LogP) is 0.756. The zero-order valence-electron chi connectivity index (χ0n) is 8.95. The van der Waals surface area contributed by atoms with Gasteiger partial charge in [-0.1, -0.05) is 6.07 Å². The van der Waals surface area contributed by atoms with Crippen LogP contribution in [0.4, 0.5) is 0 Å². The molecule has 0 spiro atoms. The van der Waals surface area contributed by atoms with Gasteiger partial charge in [-0.2, -0.15) is 0 Å². The quantitative estimate of drug-likeness (QED) is 0.760. The third kappa shape index (κ3) is 1.80. The minimum atomic E-state index is -0.0806. The highest BCUT2D eigenvalue weighted by Gasteiger charge is 2.04. The predicted molar refractivity (Wildman–Crippen MR) is 60.9 cm³/mol. The van der Waals surface area contributed by atoms with E-state index in [-0.39, 0.29) is 11.7 Å². The van der Waals surface area contributed by atoms with Crippen LogP contribution in [0.25, 0.3) is 11.0 Å². The molecule has 0 saturated heterocycles. The monoisotopic (exact) mass is 205 g/mol. The molecule has 0 saturated carbocycles. The Morgan fingerprint density at radius 3 is 2.93 bits per heavy atom. The molecule has 4 nitrogen and oxygen atoms in total. The number of nitrogens with zero attached hydrogens (tertiary/aromatic N) is 1. The fraction of sp³-hybridized carbons (Fsp3) is 0.364. The molecule has 1 aromatic heterocycles. The second kappa shape index (κ2) is 3.55. The van der Waals surface area contributed by atoms with Crippen LogP contribution in [-0.4, -0.2) is 15.6 Å². The van der Waals surface area contributed by atoms with E-state index in [1.54, 1.807) is 11.6 Å². The molecule has 1 heterocycles. The Balaban J connectivity index is 2.54. The summed E-state index contributed by atoms with van der Waals surface area (Å²) in [5.74, 6) is 0. The van der Waals surface area contributed by atoms with Crippen LogP contribution in [0.5, 0.6) is 0 Å². The third-order valence-electron chi connectivity index (χ3n) is 2.53. The van der Waals surface area contributed by atoms with Crippen molar-refractivity contribution in [3.8, 4) is 0 Å². The first-order chi connectivity index (χ1) is 7.08. The van der Waals surface area contributed by atoms with Crippen LogP contribution in [0.1, 0.15) is 12.5 Å². The van der Waals surface area contributed by atoms with Crippen molar-refractivity contribution in [3.05, 3.63) is 34.2 Å². The molecule has 2 rings (SSSR count). The summed E-state index contributed by atoms with van der Waals surface area (Å²) in [6.07, 6.45) is 0.829. The number of fused-ring (bicyclic) bond motifs is 1. The van der Waals surface area contributed by atoms with Crippen LogP contribution >= 0.6 is 0 Å². The van der Waals surface area contributed by atoms with Crippen molar-refractivity contribution in [1.29, 1.82) is 0 Å². The maximum atomic E-state index is 11.4. The Labute approximate surface area is 87.7 Å². The van der Waals surface area contributed by atoms with Crippen molar-refractivity contribution in [3.63, 3.8) is 0 Å². The van der Waals surface area contributed by atoms with E-state index in [1.165, 1.54) is 0 Å². The van der Waals surface area contributed by atoms with Crippen molar-refractivity contribution < 1.29 is 0 Å². The van der Waals surface area contributed by atoms with Crippen LogP contribution in [0.2, 0.25) is 0 Å². The van der Waals surface area contributed by atoms with Gasteiger partial charge in [-0.3, -0.25) is 4.57 Å². The number of nitrogens with one attached hydrogen (secondary N) is 1. The summed E-state index contributed by atoms with van der Waals surface area (Å²) in [5, 5.41) is 0. The first kappa shape index (κ1) is 9.98. The van der Waals surface area contributed by atoms with Gasteiger partial charge < -0.3 is 10.7 Å². The minimum Gasteiger partial charge on any atom is -0.328 e. The van der Waals surface area contributed by atoms with Crippen molar-refractivity contribution in [2.75, 3.05) is 0 Å². The van der Waals surface area contributed by atoms with E-state index < -0.39 is 0 Å². The molecule has 15 heavy (non-hydrogen) atoms. The third-order valence-corrected chi connectivity index (χ3v) is 2.53. The minimum absolute atomic E-state index is 0.0806. The van der Waals surface area contributed by atoms with Gasteiger partial charge in [0.2, 0.25) is 0 Å². The molecule has 1 aromatic carbocycles.